The van der Waals surface area contributed by atoms with Crippen LogP contribution in [-0.2, 0) is 10.2 Å². The number of rotatable bonds is 3. The van der Waals surface area contributed by atoms with Gasteiger partial charge in [0.15, 0.2) is 5.71 Å². The van der Waals surface area contributed by atoms with Crippen LogP contribution in [-0.4, -0.2) is 32.7 Å². The number of H-pyrrole nitrogens is 1. The summed E-state index contributed by atoms with van der Waals surface area (Å²) >= 11 is 0. The number of hydrogen-bond donors (Lipinski definition) is 2. The Morgan fingerprint density at radius 2 is 2.00 bits per heavy atom. The lowest BCUT2D eigenvalue weighted by Gasteiger charge is -2.22. The van der Waals surface area contributed by atoms with Gasteiger partial charge in [0.05, 0.1) is 28.2 Å². The molecule has 2 aromatic carbocycles. The van der Waals surface area contributed by atoms with Crippen molar-refractivity contribution >= 4 is 33.7 Å². The molecule has 5 rings (SSSR count). The molecule has 0 bridgehead atoms. The van der Waals surface area contributed by atoms with Crippen LogP contribution in [0, 0.1) is 11.3 Å². The van der Waals surface area contributed by atoms with Gasteiger partial charge in [-0.3, -0.25) is 4.79 Å². The van der Waals surface area contributed by atoms with E-state index in [0.717, 1.165) is 28.8 Å². The van der Waals surface area contributed by atoms with Crippen molar-refractivity contribution in [2.24, 2.45) is 0 Å². The number of aromatic amines is 1. The van der Waals surface area contributed by atoms with Crippen LogP contribution >= 0.6 is 0 Å². The minimum absolute atomic E-state index is 0.00331. The van der Waals surface area contributed by atoms with Gasteiger partial charge in [-0.1, -0.05) is 18.2 Å². The molecule has 1 aromatic heterocycles. The maximum absolute atomic E-state index is 13.1. The van der Waals surface area contributed by atoms with Crippen LogP contribution in [0.1, 0.15) is 37.5 Å². The molecule has 5 heteroatoms. The minimum atomic E-state index is -0.279. The van der Waals surface area contributed by atoms with E-state index in [1.807, 2.05) is 24.3 Å². The summed E-state index contributed by atoms with van der Waals surface area (Å²) in [4.78, 5) is 16.3. The zero-order valence-corrected chi connectivity index (χ0v) is 17.7. The van der Waals surface area contributed by atoms with Gasteiger partial charge in [0, 0.05) is 40.4 Å². The highest BCUT2D eigenvalue weighted by Gasteiger charge is 2.46. The second-order valence-electron chi connectivity index (χ2n) is 8.46. The Morgan fingerprint density at radius 3 is 2.71 bits per heavy atom. The number of nitrogens with one attached hydrogen (secondary N) is 1. The first-order chi connectivity index (χ1) is 14.9. The maximum atomic E-state index is 13.1. The highest BCUT2D eigenvalue weighted by molar-refractivity contribution is 6.41. The zero-order valence-electron chi connectivity index (χ0n) is 17.7. The number of benzene rings is 2. The van der Waals surface area contributed by atoms with Crippen LogP contribution in [0.4, 0.5) is 5.69 Å². The van der Waals surface area contributed by atoms with E-state index >= 15 is 0 Å². The number of para-hydroxylation sites is 1. The Hall–Kier alpha value is -3.91. The van der Waals surface area contributed by atoms with Crippen LogP contribution in [0.15, 0.2) is 66.1 Å². The number of nitriles is 1. The van der Waals surface area contributed by atoms with Crippen molar-refractivity contribution in [3.8, 4) is 6.07 Å². The Labute approximate surface area is 180 Å². The molecule has 0 fully saturated rings. The number of hydrogen-bond acceptors (Lipinski definition) is 3. The van der Waals surface area contributed by atoms with Crippen LogP contribution < -0.4 is 0 Å². The average Bonchev–Trinajstić information content (AvgIpc) is 3.28. The van der Waals surface area contributed by atoms with E-state index in [0.29, 0.717) is 22.3 Å². The van der Waals surface area contributed by atoms with E-state index in [1.54, 1.807) is 18.3 Å². The number of aromatic nitrogens is 1. The number of Topliss-reactive ketones (excluding diaryl/α,β-unsaturated/α-hetero) is 1. The largest absolute Gasteiger partial charge is 0.506 e. The summed E-state index contributed by atoms with van der Waals surface area (Å²) < 4.78 is 2.20. The average molecular weight is 408 g/mol. The van der Waals surface area contributed by atoms with Gasteiger partial charge in [-0.2, -0.15) is 9.84 Å². The third-order valence-corrected chi connectivity index (χ3v) is 6.44. The molecule has 0 saturated carbocycles. The molecule has 1 aliphatic carbocycles. The smallest absolute Gasteiger partial charge is 0.209 e. The van der Waals surface area contributed by atoms with Crippen molar-refractivity contribution in [2.45, 2.75) is 26.2 Å². The number of aliphatic hydroxyl groups excluding tert-OH is 1. The highest BCUT2D eigenvalue weighted by Crippen LogP contribution is 2.43. The number of aliphatic hydroxyl groups is 1. The molecule has 2 heterocycles. The Balaban J connectivity index is 1.63. The minimum Gasteiger partial charge on any atom is -0.506 e. The SMILES string of the molecule is CC[N+]1=C(/C=C2\C(=O)C(c3c[nH]c4ccc(C#N)cc34)=C2O)C(C)(C)c2ccccc21. The molecule has 0 saturated heterocycles. The second-order valence-corrected chi connectivity index (χ2v) is 8.46. The van der Waals surface area contributed by atoms with Gasteiger partial charge in [-0.15, -0.1) is 0 Å². The van der Waals surface area contributed by atoms with Gasteiger partial charge >= 0.3 is 0 Å². The summed E-state index contributed by atoms with van der Waals surface area (Å²) in [6.45, 7) is 7.13. The molecular formula is C26H22N3O2+. The molecule has 0 atom stereocenters. The summed E-state index contributed by atoms with van der Waals surface area (Å²) in [5, 5.41) is 20.8. The molecule has 2 aliphatic rings. The normalized spacial score (nSPS) is 18.5. The fraction of sp³-hybridized carbons (Fsp3) is 0.192. The molecule has 31 heavy (non-hydrogen) atoms. The molecular weight excluding hydrogens is 386 g/mol. The van der Waals surface area contributed by atoms with Gasteiger partial charge < -0.3 is 10.1 Å². The van der Waals surface area contributed by atoms with E-state index in [1.165, 1.54) is 5.56 Å². The molecule has 0 unspecified atom stereocenters. The number of carbonyl (C=O) groups excluding carboxylic acids is 1. The quantitative estimate of drug-likeness (QED) is 0.477. The molecule has 5 nitrogen and oxygen atoms in total. The number of carbonyl (C=O) groups is 1. The fourth-order valence-electron chi connectivity index (χ4n) is 4.78. The highest BCUT2D eigenvalue weighted by atomic mass is 16.3. The molecule has 0 amide bonds. The third-order valence-electron chi connectivity index (χ3n) is 6.44. The lowest BCUT2D eigenvalue weighted by Crippen LogP contribution is -2.30. The van der Waals surface area contributed by atoms with Crippen molar-refractivity contribution < 1.29 is 14.5 Å². The van der Waals surface area contributed by atoms with Crippen molar-refractivity contribution in [2.75, 3.05) is 6.54 Å². The van der Waals surface area contributed by atoms with Crippen LogP contribution in [0.2, 0.25) is 0 Å². The summed E-state index contributed by atoms with van der Waals surface area (Å²) in [6, 6.07) is 15.6. The van der Waals surface area contributed by atoms with Gasteiger partial charge in [0.1, 0.15) is 12.3 Å². The first-order valence-corrected chi connectivity index (χ1v) is 10.3. The molecule has 0 spiro atoms. The van der Waals surface area contributed by atoms with Gasteiger partial charge in [0.2, 0.25) is 11.5 Å². The van der Waals surface area contributed by atoms with E-state index in [-0.39, 0.29) is 17.0 Å². The Kier molecular flexibility index (Phi) is 4.03. The maximum Gasteiger partial charge on any atom is 0.209 e. The predicted octanol–water partition coefficient (Wildman–Crippen LogP) is 4.91. The van der Waals surface area contributed by atoms with Crippen molar-refractivity contribution in [1.29, 1.82) is 5.26 Å². The topological polar surface area (TPSA) is 79.9 Å². The predicted molar refractivity (Wildman–Crippen MR) is 121 cm³/mol. The number of allylic oxidation sites excluding steroid dienone is 3. The molecule has 1 aliphatic heterocycles. The monoisotopic (exact) mass is 408 g/mol. The van der Waals surface area contributed by atoms with Crippen molar-refractivity contribution in [1.82, 2.24) is 4.98 Å². The van der Waals surface area contributed by atoms with Crippen molar-refractivity contribution in [3.63, 3.8) is 0 Å². The summed E-state index contributed by atoms with van der Waals surface area (Å²) in [7, 11) is 0. The summed E-state index contributed by atoms with van der Waals surface area (Å²) in [5.41, 5.74) is 5.64. The van der Waals surface area contributed by atoms with Gasteiger partial charge in [0.25, 0.3) is 0 Å². The van der Waals surface area contributed by atoms with E-state index in [4.69, 9.17) is 0 Å². The van der Waals surface area contributed by atoms with Gasteiger partial charge in [-0.25, -0.2) is 0 Å². The standard InChI is InChI=1S/C26H21N3O2/c1-4-29-21-8-6-5-7-19(21)26(2,3)22(29)12-17-24(30)23(25(17)31)18-14-28-20-10-9-15(13-27)11-16(18)20/h5-12,14H,4H2,1-3H3,(H,30,31)/p+1. The van der Waals surface area contributed by atoms with E-state index in [9.17, 15) is 15.2 Å². The third kappa shape index (κ3) is 2.55. The zero-order chi connectivity index (χ0) is 21.9. The van der Waals surface area contributed by atoms with Gasteiger partial charge in [-0.05, 0) is 39.0 Å². The van der Waals surface area contributed by atoms with E-state index in [2.05, 4.69) is 48.5 Å². The summed E-state index contributed by atoms with van der Waals surface area (Å²) in [5.74, 6) is -0.181. The lowest BCUT2D eigenvalue weighted by molar-refractivity contribution is -0.433. The number of fused-ring (bicyclic) bond motifs is 2. The van der Waals surface area contributed by atoms with Crippen LogP contribution in [0.5, 0.6) is 0 Å². The number of ketones is 1. The first-order valence-electron chi connectivity index (χ1n) is 10.3. The molecule has 3 aromatic rings. The fourth-order valence-corrected chi connectivity index (χ4v) is 4.78. The van der Waals surface area contributed by atoms with E-state index < -0.39 is 0 Å². The van der Waals surface area contributed by atoms with Crippen molar-refractivity contribution in [3.05, 3.63) is 82.8 Å². The lowest BCUT2D eigenvalue weighted by atomic mass is 9.77. The Bertz CT molecular complexity index is 1420. The van der Waals surface area contributed by atoms with Crippen LogP contribution in [0.25, 0.3) is 16.5 Å². The van der Waals surface area contributed by atoms with Crippen LogP contribution in [0.3, 0.4) is 0 Å². The molecule has 152 valence electrons. The molecule has 2 N–H and O–H groups in total. The number of nitrogens with zero attached hydrogens (tertiary/aromatic N) is 2. The molecule has 0 radical (unpaired) electrons. The second kappa shape index (κ2) is 6.55. The first kappa shape index (κ1) is 19.1. The summed E-state index contributed by atoms with van der Waals surface area (Å²) in [6.07, 6.45) is 3.55. The Morgan fingerprint density at radius 1 is 1.23 bits per heavy atom.